The minimum atomic E-state index is -0.159. The summed E-state index contributed by atoms with van der Waals surface area (Å²) in [6, 6.07) is 8.24. The van der Waals surface area contributed by atoms with Crippen LogP contribution in [-0.4, -0.2) is 19.6 Å². The molecule has 2 heterocycles. The molecule has 0 unspecified atom stereocenters. The summed E-state index contributed by atoms with van der Waals surface area (Å²) >= 11 is 1.28. The predicted molar refractivity (Wildman–Crippen MR) is 94.9 cm³/mol. The Morgan fingerprint density at radius 1 is 1.12 bits per heavy atom. The molecule has 0 fully saturated rings. The van der Waals surface area contributed by atoms with Crippen LogP contribution in [0, 0.1) is 13.8 Å². The third-order valence-electron chi connectivity index (χ3n) is 4.15. The molecule has 0 saturated carbocycles. The van der Waals surface area contributed by atoms with Crippen LogP contribution in [0.1, 0.15) is 16.7 Å². The zero-order valence-corrected chi connectivity index (χ0v) is 13.9. The summed E-state index contributed by atoms with van der Waals surface area (Å²) in [5.74, 6) is -0.0958. The standard InChI is InChI=1S/C18H14N2O3S/c1-9-5-13-14(6-10(9)2)20-17(23)16(24-18(20)19-13)7-11-3-4-12(21)8-15(11)22/h3-8,21-22H,1-2H3/b16-7-. The molecule has 2 aromatic carbocycles. The van der Waals surface area contributed by atoms with Gasteiger partial charge < -0.3 is 10.2 Å². The van der Waals surface area contributed by atoms with Gasteiger partial charge in [0.1, 0.15) is 11.5 Å². The van der Waals surface area contributed by atoms with Crippen LogP contribution >= 0.6 is 11.3 Å². The van der Waals surface area contributed by atoms with Gasteiger partial charge in [0.25, 0.3) is 5.56 Å². The lowest BCUT2D eigenvalue weighted by Gasteiger charge is -1.99. The number of imidazole rings is 1. The SMILES string of the molecule is Cc1cc2nc3s/c(=C\c4ccc(O)cc4O)c(=O)n3c2cc1C. The lowest BCUT2D eigenvalue weighted by molar-refractivity contribution is 0.450. The average molecular weight is 338 g/mol. The maximum atomic E-state index is 12.8. The topological polar surface area (TPSA) is 74.8 Å². The van der Waals surface area contributed by atoms with E-state index in [1.165, 1.54) is 23.5 Å². The Hall–Kier alpha value is -2.86. The third kappa shape index (κ3) is 2.15. The highest BCUT2D eigenvalue weighted by molar-refractivity contribution is 7.15. The van der Waals surface area contributed by atoms with E-state index in [4.69, 9.17) is 0 Å². The number of benzene rings is 2. The van der Waals surface area contributed by atoms with Gasteiger partial charge >= 0.3 is 0 Å². The van der Waals surface area contributed by atoms with Crippen molar-refractivity contribution in [3.8, 4) is 11.5 Å². The highest BCUT2D eigenvalue weighted by Crippen LogP contribution is 2.24. The Morgan fingerprint density at radius 3 is 2.62 bits per heavy atom. The van der Waals surface area contributed by atoms with Crippen LogP contribution in [-0.2, 0) is 0 Å². The van der Waals surface area contributed by atoms with Crippen molar-refractivity contribution in [2.45, 2.75) is 13.8 Å². The van der Waals surface area contributed by atoms with E-state index in [1.54, 1.807) is 16.5 Å². The molecular weight excluding hydrogens is 324 g/mol. The van der Waals surface area contributed by atoms with Gasteiger partial charge in [-0.05, 0) is 55.3 Å². The molecule has 5 nitrogen and oxygen atoms in total. The van der Waals surface area contributed by atoms with Gasteiger partial charge in [-0.3, -0.25) is 4.79 Å². The number of nitrogens with zero attached hydrogens (tertiary/aromatic N) is 2. The molecule has 0 atom stereocenters. The number of aromatic hydroxyl groups is 2. The highest BCUT2D eigenvalue weighted by Gasteiger charge is 2.12. The van der Waals surface area contributed by atoms with E-state index < -0.39 is 0 Å². The molecule has 0 amide bonds. The van der Waals surface area contributed by atoms with Crippen molar-refractivity contribution in [1.29, 1.82) is 0 Å². The summed E-state index contributed by atoms with van der Waals surface area (Å²) in [6.07, 6.45) is 1.61. The summed E-state index contributed by atoms with van der Waals surface area (Å²) in [5.41, 5.74) is 4.17. The van der Waals surface area contributed by atoms with E-state index in [0.29, 0.717) is 15.1 Å². The Morgan fingerprint density at radius 2 is 1.88 bits per heavy atom. The molecule has 2 N–H and O–H groups in total. The second-order valence-electron chi connectivity index (χ2n) is 5.81. The summed E-state index contributed by atoms with van der Waals surface area (Å²) < 4.78 is 2.09. The number of aryl methyl sites for hydroxylation is 2. The minimum Gasteiger partial charge on any atom is -0.508 e. The monoisotopic (exact) mass is 338 g/mol. The Labute approximate surface area is 140 Å². The number of rotatable bonds is 1. The van der Waals surface area contributed by atoms with Crippen molar-refractivity contribution in [3.63, 3.8) is 0 Å². The van der Waals surface area contributed by atoms with Crippen molar-refractivity contribution in [2.75, 3.05) is 0 Å². The summed E-state index contributed by atoms with van der Waals surface area (Å²) in [5, 5.41) is 19.3. The number of aromatic nitrogens is 2. The first-order chi connectivity index (χ1) is 11.4. The van der Waals surface area contributed by atoms with E-state index in [-0.39, 0.29) is 17.1 Å². The molecule has 0 spiro atoms. The summed E-state index contributed by atoms with van der Waals surface area (Å²) in [6.45, 7) is 4.03. The average Bonchev–Trinajstić information content (AvgIpc) is 3.00. The molecule has 4 aromatic rings. The van der Waals surface area contributed by atoms with E-state index in [2.05, 4.69) is 4.98 Å². The summed E-state index contributed by atoms with van der Waals surface area (Å²) in [7, 11) is 0. The number of hydrogen-bond acceptors (Lipinski definition) is 5. The molecule has 120 valence electrons. The second-order valence-corrected chi connectivity index (χ2v) is 6.82. The first-order valence-electron chi connectivity index (χ1n) is 7.40. The van der Waals surface area contributed by atoms with Crippen molar-refractivity contribution in [1.82, 2.24) is 9.38 Å². The number of thiazole rings is 1. The fourth-order valence-electron chi connectivity index (χ4n) is 2.71. The molecule has 0 radical (unpaired) electrons. The van der Waals surface area contributed by atoms with Crippen LogP contribution in [0.15, 0.2) is 35.1 Å². The molecule has 0 saturated heterocycles. The lowest BCUT2D eigenvalue weighted by atomic mass is 10.1. The largest absolute Gasteiger partial charge is 0.508 e. The van der Waals surface area contributed by atoms with Crippen LogP contribution < -0.4 is 10.1 Å². The van der Waals surface area contributed by atoms with E-state index >= 15 is 0 Å². The molecule has 0 aliphatic heterocycles. The van der Waals surface area contributed by atoms with Crippen molar-refractivity contribution >= 4 is 33.4 Å². The van der Waals surface area contributed by atoms with Gasteiger partial charge in [0.05, 0.1) is 15.6 Å². The zero-order valence-electron chi connectivity index (χ0n) is 13.1. The van der Waals surface area contributed by atoms with Crippen molar-refractivity contribution in [2.24, 2.45) is 0 Å². The number of phenolic OH excluding ortho intramolecular Hbond substituents is 2. The molecule has 0 bridgehead atoms. The van der Waals surface area contributed by atoms with Gasteiger partial charge in [-0.15, -0.1) is 0 Å². The van der Waals surface area contributed by atoms with E-state index in [0.717, 1.165) is 22.2 Å². The van der Waals surface area contributed by atoms with Gasteiger partial charge in [0, 0.05) is 11.6 Å². The molecule has 0 aliphatic carbocycles. The highest BCUT2D eigenvalue weighted by atomic mass is 32.1. The maximum absolute atomic E-state index is 12.8. The fourth-order valence-corrected chi connectivity index (χ4v) is 3.69. The van der Waals surface area contributed by atoms with Crippen LogP contribution in [0.25, 0.3) is 22.1 Å². The molecule has 6 heteroatoms. The van der Waals surface area contributed by atoms with Gasteiger partial charge in [-0.25, -0.2) is 9.38 Å². The molecular formula is C18H14N2O3S. The fraction of sp³-hybridized carbons (Fsp3) is 0.111. The lowest BCUT2D eigenvalue weighted by Crippen LogP contribution is -2.22. The van der Waals surface area contributed by atoms with Crippen LogP contribution in [0.3, 0.4) is 0 Å². The smallest absolute Gasteiger partial charge is 0.274 e. The molecule has 24 heavy (non-hydrogen) atoms. The number of fused-ring (bicyclic) bond motifs is 3. The van der Waals surface area contributed by atoms with Gasteiger partial charge in [-0.2, -0.15) is 0 Å². The zero-order chi connectivity index (χ0) is 17.0. The molecule has 4 rings (SSSR count). The van der Waals surface area contributed by atoms with E-state index in [1.807, 2.05) is 26.0 Å². The maximum Gasteiger partial charge on any atom is 0.274 e. The first-order valence-corrected chi connectivity index (χ1v) is 8.21. The van der Waals surface area contributed by atoms with Crippen LogP contribution in [0.5, 0.6) is 11.5 Å². The quantitative estimate of drug-likeness (QED) is 0.559. The molecule has 0 aliphatic rings. The number of hydrogen-bond donors (Lipinski definition) is 2. The van der Waals surface area contributed by atoms with E-state index in [9.17, 15) is 15.0 Å². The Kier molecular flexibility index (Phi) is 3.11. The predicted octanol–water partition coefficient (Wildman–Crippen LogP) is 2.48. The first kappa shape index (κ1) is 14.7. The summed E-state index contributed by atoms with van der Waals surface area (Å²) in [4.78, 5) is 17.9. The number of phenols is 2. The van der Waals surface area contributed by atoms with Gasteiger partial charge in [0.2, 0.25) is 0 Å². The minimum absolute atomic E-state index is 0.0233. The van der Waals surface area contributed by atoms with Crippen LogP contribution in [0.4, 0.5) is 0 Å². The van der Waals surface area contributed by atoms with Gasteiger partial charge in [0.15, 0.2) is 4.96 Å². The van der Waals surface area contributed by atoms with Gasteiger partial charge in [-0.1, -0.05) is 11.3 Å². The normalized spacial score (nSPS) is 12.5. The second kappa shape index (κ2) is 5.07. The molecule has 2 aromatic heterocycles. The Bertz CT molecular complexity index is 1220. The van der Waals surface area contributed by atoms with Crippen molar-refractivity contribution < 1.29 is 10.2 Å². The Balaban J connectivity index is 2.01. The third-order valence-corrected chi connectivity index (χ3v) is 5.12. The van der Waals surface area contributed by atoms with Crippen molar-refractivity contribution in [3.05, 3.63) is 61.9 Å². The van der Waals surface area contributed by atoms with Crippen LogP contribution in [0.2, 0.25) is 0 Å².